The number of hydrogen-bond donors (Lipinski definition) is 2. The zero-order valence-electron chi connectivity index (χ0n) is 6.13. The summed E-state index contributed by atoms with van der Waals surface area (Å²) in [6.45, 7) is 0.394. The number of amides is 2. The molecule has 0 aromatic heterocycles. The van der Waals surface area contributed by atoms with E-state index in [9.17, 15) is 9.59 Å². The first-order valence-corrected chi connectivity index (χ1v) is 4.06. The van der Waals surface area contributed by atoms with E-state index in [4.69, 9.17) is 5.84 Å². The van der Waals surface area contributed by atoms with Crippen LogP contribution in [-0.2, 0) is 4.79 Å². The molecule has 0 bridgehead atoms. The Hall–Kier alpha value is -0.370. The third-order valence-corrected chi connectivity index (χ3v) is 1.96. The first kappa shape index (κ1) is 10.6. The molecule has 0 atom stereocenters. The summed E-state index contributed by atoms with van der Waals surface area (Å²) in [6.07, 6.45) is 0.238. The Labute approximate surface area is 78.4 Å². The van der Waals surface area contributed by atoms with Crippen molar-refractivity contribution in [3.05, 3.63) is 0 Å². The molecule has 0 saturated heterocycles. The van der Waals surface area contributed by atoms with E-state index in [1.165, 1.54) is 4.90 Å². The highest BCUT2D eigenvalue weighted by molar-refractivity contribution is 14.1. The highest BCUT2D eigenvalue weighted by Gasteiger charge is 2.05. The molecular weight excluding hydrogens is 261 g/mol. The SMILES string of the molecule is CN(CCC(=O)NN)C(=O)I. The molecule has 0 rings (SSSR count). The van der Waals surface area contributed by atoms with Crippen LogP contribution >= 0.6 is 22.6 Å². The van der Waals surface area contributed by atoms with E-state index in [1.54, 1.807) is 29.6 Å². The fourth-order valence-electron chi connectivity index (χ4n) is 0.429. The van der Waals surface area contributed by atoms with Crippen molar-refractivity contribution in [3.63, 3.8) is 0 Å². The second kappa shape index (κ2) is 5.30. The highest BCUT2D eigenvalue weighted by Crippen LogP contribution is 1.96. The van der Waals surface area contributed by atoms with Crippen LogP contribution in [0.3, 0.4) is 0 Å². The Morgan fingerprint density at radius 1 is 1.64 bits per heavy atom. The van der Waals surface area contributed by atoms with Crippen molar-refractivity contribution in [2.45, 2.75) is 6.42 Å². The average molecular weight is 271 g/mol. The van der Waals surface area contributed by atoms with Gasteiger partial charge in [-0.25, -0.2) is 5.84 Å². The number of nitrogens with one attached hydrogen (secondary N) is 1. The van der Waals surface area contributed by atoms with E-state index >= 15 is 0 Å². The smallest absolute Gasteiger partial charge is 0.282 e. The van der Waals surface area contributed by atoms with Crippen LogP contribution in [0.4, 0.5) is 4.79 Å². The van der Waals surface area contributed by atoms with Crippen molar-refractivity contribution in [2.75, 3.05) is 13.6 Å². The van der Waals surface area contributed by atoms with Crippen molar-refractivity contribution in [2.24, 2.45) is 5.84 Å². The summed E-state index contributed by atoms with van der Waals surface area (Å²) < 4.78 is -0.0904. The Balaban J connectivity index is 3.54. The van der Waals surface area contributed by atoms with Crippen LogP contribution in [0.1, 0.15) is 6.42 Å². The van der Waals surface area contributed by atoms with Gasteiger partial charge in [-0.3, -0.25) is 15.0 Å². The fourth-order valence-corrected chi connectivity index (χ4v) is 0.671. The van der Waals surface area contributed by atoms with Crippen molar-refractivity contribution < 1.29 is 9.59 Å². The molecule has 2 amide bonds. The minimum absolute atomic E-state index is 0.0904. The normalized spacial score (nSPS) is 9.00. The van der Waals surface area contributed by atoms with Crippen LogP contribution in [0, 0.1) is 0 Å². The largest absolute Gasteiger partial charge is 0.337 e. The molecule has 0 heterocycles. The molecular formula is C5H10IN3O2. The summed E-state index contributed by atoms with van der Waals surface area (Å²) in [5, 5.41) is 0. The Bertz CT molecular complexity index is 162. The molecule has 0 unspecified atom stereocenters. The summed E-state index contributed by atoms with van der Waals surface area (Å²) >= 11 is 1.65. The van der Waals surface area contributed by atoms with E-state index in [-0.39, 0.29) is 16.2 Å². The number of hydrogen-bond acceptors (Lipinski definition) is 3. The van der Waals surface area contributed by atoms with Crippen molar-refractivity contribution in [3.8, 4) is 0 Å². The molecule has 0 aliphatic carbocycles. The Kier molecular flexibility index (Phi) is 5.12. The number of hydrazine groups is 1. The maximum atomic E-state index is 10.6. The summed E-state index contributed by atoms with van der Waals surface area (Å²) in [6, 6.07) is 0. The van der Waals surface area contributed by atoms with Gasteiger partial charge in [-0.05, 0) is 0 Å². The van der Waals surface area contributed by atoms with E-state index in [2.05, 4.69) is 0 Å². The highest BCUT2D eigenvalue weighted by atomic mass is 127. The lowest BCUT2D eigenvalue weighted by molar-refractivity contribution is -0.121. The predicted octanol–water partition coefficient (Wildman–Crippen LogP) is -0.147. The second-order valence-corrected chi connectivity index (χ2v) is 2.91. The lowest BCUT2D eigenvalue weighted by Gasteiger charge is -2.11. The quantitative estimate of drug-likeness (QED) is 0.187. The molecule has 0 aliphatic rings. The number of halogens is 1. The third kappa shape index (κ3) is 4.96. The third-order valence-electron chi connectivity index (χ3n) is 1.14. The minimum atomic E-state index is -0.269. The van der Waals surface area contributed by atoms with Gasteiger partial charge < -0.3 is 4.90 Å². The molecule has 0 fully saturated rings. The monoisotopic (exact) mass is 271 g/mol. The van der Waals surface area contributed by atoms with Crippen LogP contribution in [0.15, 0.2) is 0 Å². The summed E-state index contributed by atoms with van der Waals surface area (Å²) in [5.41, 5.74) is 1.98. The molecule has 0 radical (unpaired) electrons. The van der Waals surface area contributed by atoms with Crippen LogP contribution in [0.25, 0.3) is 0 Å². The van der Waals surface area contributed by atoms with Crippen molar-refractivity contribution in [1.82, 2.24) is 10.3 Å². The number of nitrogens with two attached hydrogens (primary N) is 1. The first-order chi connectivity index (χ1) is 5.07. The van der Waals surface area contributed by atoms with Crippen molar-refractivity contribution >= 4 is 32.4 Å². The fraction of sp³-hybridized carbons (Fsp3) is 0.600. The number of carbonyl (C=O) groups excluding carboxylic acids is 2. The minimum Gasteiger partial charge on any atom is -0.337 e. The van der Waals surface area contributed by atoms with Gasteiger partial charge in [0.15, 0.2) is 0 Å². The van der Waals surface area contributed by atoms with Gasteiger partial charge in [-0.2, -0.15) is 0 Å². The number of carbonyl (C=O) groups is 2. The second-order valence-electron chi connectivity index (χ2n) is 1.99. The van der Waals surface area contributed by atoms with Gasteiger partial charge in [0.1, 0.15) is 0 Å². The Morgan fingerprint density at radius 3 is 2.55 bits per heavy atom. The van der Waals surface area contributed by atoms with Gasteiger partial charge in [-0.15, -0.1) is 0 Å². The molecule has 0 aromatic carbocycles. The van der Waals surface area contributed by atoms with Gasteiger partial charge in [0.25, 0.3) is 3.91 Å². The molecule has 0 aromatic rings. The molecule has 64 valence electrons. The van der Waals surface area contributed by atoms with Gasteiger partial charge in [0.2, 0.25) is 5.91 Å². The van der Waals surface area contributed by atoms with E-state index in [0.29, 0.717) is 6.54 Å². The summed E-state index contributed by atoms with van der Waals surface area (Å²) in [5.74, 6) is 4.56. The van der Waals surface area contributed by atoms with E-state index in [1.807, 2.05) is 5.43 Å². The molecule has 11 heavy (non-hydrogen) atoms. The van der Waals surface area contributed by atoms with E-state index < -0.39 is 0 Å². The van der Waals surface area contributed by atoms with Crippen LogP contribution in [0.2, 0.25) is 0 Å². The van der Waals surface area contributed by atoms with Gasteiger partial charge in [-0.1, -0.05) is 0 Å². The van der Waals surface area contributed by atoms with Crippen LogP contribution in [0.5, 0.6) is 0 Å². The summed E-state index contributed by atoms with van der Waals surface area (Å²) in [7, 11) is 1.62. The van der Waals surface area contributed by atoms with Crippen molar-refractivity contribution in [1.29, 1.82) is 0 Å². The molecule has 5 nitrogen and oxygen atoms in total. The van der Waals surface area contributed by atoms with Gasteiger partial charge in [0, 0.05) is 42.6 Å². The summed E-state index contributed by atoms with van der Waals surface area (Å²) in [4.78, 5) is 22.6. The number of nitrogens with zero attached hydrogens (tertiary/aromatic N) is 1. The molecule has 3 N–H and O–H groups in total. The van der Waals surface area contributed by atoms with Gasteiger partial charge >= 0.3 is 0 Å². The number of rotatable bonds is 3. The maximum Gasteiger partial charge on any atom is 0.282 e. The predicted molar refractivity (Wildman–Crippen MR) is 49.0 cm³/mol. The zero-order valence-corrected chi connectivity index (χ0v) is 8.29. The molecule has 6 heteroatoms. The molecule has 0 saturated carbocycles. The molecule has 0 spiro atoms. The Morgan fingerprint density at radius 2 is 2.18 bits per heavy atom. The zero-order chi connectivity index (χ0) is 8.85. The van der Waals surface area contributed by atoms with Crippen LogP contribution in [-0.4, -0.2) is 28.3 Å². The maximum absolute atomic E-state index is 10.6. The lowest BCUT2D eigenvalue weighted by atomic mass is 10.4. The van der Waals surface area contributed by atoms with Gasteiger partial charge in [0.05, 0.1) is 0 Å². The molecule has 0 aliphatic heterocycles. The lowest BCUT2D eigenvalue weighted by Crippen LogP contribution is -2.33. The van der Waals surface area contributed by atoms with Crippen LogP contribution < -0.4 is 11.3 Å². The first-order valence-electron chi connectivity index (χ1n) is 2.98. The topological polar surface area (TPSA) is 75.4 Å². The standard InChI is InChI=1S/C5H10IN3O2/c1-9(5(6)11)3-2-4(10)8-7/h2-3,7H2,1H3,(H,8,10). The van der Waals surface area contributed by atoms with E-state index in [0.717, 1.165) is 0 Å². The average Bonchev–Trinajstić information content (AvgIpc) is 1.99.